The van der Waals surface area contributed by atoms with Crippen LogP contribution in [0.1, 0.15) is 24.0 Å². The van der Waals surface area contributed by atoms with Crippen molar-refractivity contribution in [3.63, 3.8) is 0 Å². The molecule has 0 N–H and O–H groups in total. The molecule has 0 spiro atoms. The molecule has 0 radical (unpaired) electrons. The van der Waals surface area contributed by atoms with Crippen molar-refractivity contribution in [2.75, 3.05) is 26.7 Å². The number of benzene rings is 1. The second-order valence-corrected chi connectivity index (χ2v) is 6.50. The zero-order valence-electron chi connectivity index (χ0n) is 12.5. The lowest BCUT2D eigenvalue weighted by atomic mass is 9.96. The van der Waals surface area contributed by atoms with Gasteiger partial charge in [0.15, 0.2) is 0 Å². The quantitative estimate of drug-likeness (QED) is 0.823. The minimum Gasteiger partial charge on any atom is -0.341 e. The van der Waals surface area contributed by atoms with Gasteiger partial charge in [0.25, 0.3) is 0 Å². The second-order valence-electron chi connectivity index (χ2n) is 6.50. The van der Waals surface area contributed by atoms with Crippen molar-refractivity contribution < 1.29 is 4.79 Å². The summed E-state index contributed by atoms with van der Waals surface area (Å²) in [7, 11) is 2.20. The lowest BCUT2D eigenvalue weighted by Crippen LogP contribution is -2.42. The van der Waals surface area contributed by atoms with E-state index in [1.807, 2.05) is 0 Å². The van der Waals surface area contributed by atoms with Crippen molar-refractivity contribution in [2.45, 2.75) is 32.2 Å². The Kier molecular flexibility index (Phi) is 3.79. The number of piperidine rings is 1. The first kappa shape index (κ1) is 13.6. The van der Waals surface area contributed by atoms with Gasteiger partial charge in [-0.25, -0.2) is 0 Å². The van der Waals surface area contributed by atoms with E-state index in [0.29, 0.717) is 24.3 Å². The molecule has 0 saturated carbocycles. The Morgan fingerprint density at radius 1 is 1.15 bits per heavy atom. The summed E-state index contributed by atoms with van der Waals surface area (Å²) in [6, 6.07) is 8.89. The fourth-order valence-electron chi connectivity index (χ4n) is 3.51. The van der Waals surface area contributed by atoms with Crippen LogP contribution in [0, 0.1) is 12.8 Å². The predicted octanol–water partition coefficient (Wildman–Crippen LogP) is 2.09. The van der Waals surface area contributed by atoms with Crippen LogP contribution < -0.4 is 0 Å². The zero-order valence-corrected chi connectivity index (χ0v) is 12.5. The standard InChI is InChI=1S/C17H24N2O/c1-13-3-5-14(6-4-13)9-17(20)19-11-15-7-8-16(12-19)18(2)10-15/h3-6,15-16H,7-12H2,1-2H3/t15-,16-/m1/s1. The molecular weight excluding hydrogens is 248 g/mol. The summed E-state index contributed by atoms with van der Waals surface area (Å²) in [6.07, 6.45) is 3.07. The van der Waals surface area contributed by atoms with Gasteiger partial charge in [-0.05, 0) is 38.3 Å². The Labute approximate surface area is 121 Å². The molecule has 4 rings (SSSR count). The number of hydrogen-bond acceptors (Lipinski definition) is 2. The topological polar surface area (TPSA) is 23.6 Å². The number of carbonyl (C=O) groups is 1. The Morgan fingerprint density at radius 3 is 2.60 bits per heavy atom. The van der Waals surface area contributed by atoms with Crippen molar-refractivity contribution >= 4 is 5.91 Å². The molecule has 2 bridgehead atoms. The first-order valence-electron chi connectivity index (χ1n) is 7.65. The number of aryl methyl sites for hydroxylation is 1. The van der Waals surface area contributed by atoms with E-state index in [0.717, 1.165) is 25.2 Å². The van der Waals surface area contributed by atoms with Crippen LogP contribution in [0.2, 0.25) is 0 Å². The van der Waals surface area contributed by atoms with E-state index in [1.165, 1.54) is 18.4 Å². The third-order valence-electron chi connectivity index (χ3n) is 4.82. The van der Waals surface area contributed by atoms with Gasteiger partial charge < -0.3 is 9.80 Å². The van der Waals surface area contributed by atoms with Crippen LogP contribution in [-0.2, 0) is 11.2 Å². The number of nitrogens with zero attached hydrogens (tertiary/aromatic N) is 2. The predicted molar refractivity (Wildman–Crippen MR) is 80.6 cm³/mol. The van der Waals surface area contributed by atoms with Gasteiger partial charge >= 0.3 is 0 Å². The van der Waals surface area contributed by atoms with Crippen LogP contribution in [-0.4, -0.2) is 48.4 Å². The molecule has 3 aliphatic heterocycles. The number of fused-ring (bicyclic) bond motifs is 4. The maximum atomic E-state index is 12.5. The van der Waals surface area contributed by atoms with E-state index in [4.69, 9.17) is 0 Å². The average Bonchev–Trinajstić information content (AvgIpc) is 2.72. The van der Waals surface area contributed by atoms with Crippen molar-refractivity contribution in [3.05, 3.63) is 35.4 Å². The summed E-state index contributed by atoms with van der Waals surface area (Å²) in [6.45, 7) is 5.09. The first-order valence-corrected chi connectivity index (χ1v) is 7.65. The molecule has 0 aromatic heterocycles. The maximum absolute atomic E-state index is 12.5. The highest BCUT2D eigenvalue weighted by molar-refractivity contribution is 5.79. The Hall–Kier alpha value is -1.35. The molecule has 1 aromatic rings. The number of amides is 1. The van der Waals surface area contributed by atoms with E-state index in [2.05, 4.69) is 48.0 Å². The van der Waals surface area contributed by atoms with Crippen LogP contribution in [0.4, 0.5) is 0 Å². The molecule has 2 atom stereocenters. The molecule has 0 unspecified atom stereocenters. The van der Waals surface area contributed by atoms with Gasteiger partial charge in [0.2, 0.25) is 5.91 Å². The summed E-state index contributed by atoms with van der Waals surface area (Å²) >= 11 is 0. The SMILES string of the molecule is Cc1ccc(CC(=O)N2C[C@@H]3CC[C@H](C2)N(C)C3)cc1. The Bertz CT molecular complexity index is 482. The third kappa shape index (κ3) is 2.88. The molecular formula is C17H24N2O. The lowest BCUT2D eigenvalue weighted by Gasteiger charge is -2.32. The van der Waals surface area contributed by atoms with Gasteiger partial charge in [-0.3, -0.25) is 4.79 Å². The smallest absolute Gasteiger partial charge is 0.227 e. The highest BCUT2D eigenvalue weighted by Gasteiger charge is 2.34. The minimum absolute atomic E-state index is 0.293. The normalized spacial score (nSPS) is 26.6. The van der Waals surface area contributed by atoms with Crippen LogP contribution in [0.15, 0.2) is 24.3 Å². The summed E-state index contributed by atoms with van der Waals surface area (Å²) in [5.41, 5.74) is 2.38. The van der Waals surface area contributed by atoms with E-state index in [1.54, 1.807) is 0 Å². The maximum Gasteiger partial charge on any atom is 0.227 e. The van der Waals surface area contributed by atoms with Crippen molar-refractivity contribution in [3.8, 4) is 0 Å². The van der Waals surface area contributed by atoms with Crippen LogP contribution in [0.3, 0.4) is 0 Å². The van der Waals surface area contributed by atoms with E-state index in [9.17, 15) is 4.79 Å². The van der Waals surface area contributed by atoms with Crippen LogP contribution >= 0.6 is 0 Å². The van der Waals surface area contributed by atoms with E-state index >= 15 is 0 Å². The number of hydrogen-bond donors (Lipinski definition) is 0. The molecule has 3 fully saturated rings. The third-order valence-corrected chi connectivity index (χ3v) is 4.82. The number of likely N-dealkylation sites (N-methyl/N-ethyl adjacent to an activating group) is 1. The van der Waals surface area contributed by atoms with Crippen molar-refractivity contribution in [1.82, 2.24) is 9.80 Å². The van der Waals surface area contributed by atoms with Gasteiger partial charge in [0, 0.05) is 25.7 Å². The highest BCUT2D eigenvalue weighted by Crippen LogP contribution is 2.27. The van der Waals surface area contributed by atoms with Crippen molar-refractivity contribution in [2.24, 2.45) is 5.92 Å². The van der Waals surface area contributed by atoms with Crippen LogP contribution in [0.25, 0.3) is 0 Å². The highest BCUT2D eigenvalue weighted by atomic mass is 16.2. The molecule has 3 heterocycles. The molecule has 3 nitrogen and oxygen atoms in total. The monoisotopic (exact) mass is 272 g/mol. The fourth-order valence-corrected chi connectivity index (χ4v) is 3.51. The lowest BCUT2D eigenvalue weighted by molar-refractivity contribution is -0.130. The molecule has 0 aliphatic carbocycles. The van der Waals surface area contributed by atoms with E-state index < -0.39 is 0 Å². The van der Waals surface area contributed by atoms with Crippen LogP contribution in [0.5, 0.6) is 0 Å². The summed E-state index contributed by atoms with van der Waals surface area (Å²) in [5, 5.41) is 0. The first-order chi connectivity index (χ1) is 9.61. The minimum atomic E-state index is 0.293. The molecule has 3 heteroatoms. The molecule has 1 amide bonds. The summed E-state index contributed by atoms with van der Waals surface area (Å²) < 4.78 is 0. The van der Waals surface area contributed by atoms with Gasteiger partial charge in [-0.1, -0.05) is 29.8 Å². The molecule has 3 aliphatic rings. The molecule has 3 saturated heterocycles. The van der Waals surface area contributed by atoms with Crippen molar-refractivity contribution in [1.29, 1.82) is 0 Å². The summed E-state index contributed by atoms with van der Waals surface area (Å²) in [4.78, 5) is 17.1. The van der Waals surface area contributed by atoms with Gasteiger partial charge in [0.1, 0.15) is 0 Å². The molecule has 20 heavy (non-hydrogen) atoms. The second kappa shape index (κ2) is 5.57. The largest absolute Gasteiger partial charge is 0.341 e. The van der Waals surface area contributed by atoms with Gasteiger partial charge in [-0.2, -0.15) is 0 Å². The Balaban J connectivity index is 1.66. The molecule has 108 valence electrons. The van der Waals surface area contributed by atoms with Gasteiger partial charge in [-0.15, -0.1) is 0 Å². The number of rotatable bonds is 2. The van der Waals surface area contributed by atoms with Gasteiger partial charge in [0.05, 0.1) is 6.42 Å². The Morgan fingerprint density at radius 2 is 1.90 bits per heavy atom. The summed E-state index contributed by atoms with van der Waals surface area (Å²) in [5.74, 6) is 0.960. The zero-order chi connectivity index (χ0) is 14.1. The number of carbonyl (C=O) groups excluding carboxylic acids is 1. The fraction of sp³-hybridized carbons (Fsp3) is 0.588. The molecule has 1 aromatic carbocycles. The van der Waals surface area contributed by atoms with E-state index in [-0.39, 0.29) is 0 Å². The average molecular weight is 272 g/mol.